The van der Waals surface area contributed by atoms with E-state index in [-0.39, 0.29) is 18.4 Å². The van der Waals surface area contributed by atoms with Crippen molar-refractivity contribution in [2.45, 2.75) is 39.7 Å². The van der Waals surface area contributed by atoms with Crippen molar-refractivity contribution >= 4 is 17.6 Å². The van der Waals surface area contributed by atoms with Gasteiger partial charge in [0.25, 0.3) is 5.91 Å². The highest BCUT2D eigenvalue weighted by atomic mass is 16.2. The van der Waals surface area contributed by atoms with Crippen molar-refractivity contribution in [1.29, 1.82) is 0 Å². The van der Waals surface area contributed by atoms with Crippen LogP contribution in [0.4, 0.5) is 5.82 Å². The van der Waals surface area contributed by atoms with E-state index in [1.165, 1.54) is 19.3 Å². The number of anilines is 1. The first-order valence-corrected chi connectivity index (χ1v) is 9.85. The number of aromatic nitrogens is 1. The summed E-state index contributed by atoms with van der Waals surface area (Å²) in [5, 5.41) is 5.48. The Bertz CT molecular complexity index is 827. The van der Waals surface area contributed by atoms with Crippen LogP contribution in [0, 0.1) is 13.8 Å². The number of nitrogens with zero attached hydrogens (tertiary/aromatic N) is 2. The van der Waals surface area contributed by atoms with Gasteiger partial charge in [0.15, 0.2) is 0 Å². The van der Waals surface area contributed by atoms with Crippen molar-refractivity contribution in [3.05, 3.63) is 58.8 Å². The van der Waals surface area contributed by atoms with Crippen LogP contribution in [0.1, 0.15) is 46.3 Å². The van der Waals surface area contributed by atoms with Crippen LogP contribution in [0.25, 0.3) is 0 Å². The van der Waals surface area contributed by atoms with Crippen LogP contribution in [-0.2, 0) is 11.3 Å². The molecule has 0 radical (unpaired) electrons. The molecule has 0 bridgehead atoms. The van der Waals surface area contributed by atoms with E-state index in [4.69, 9.17) is 0 Å². The van der Waals surface area contributed by atoms with Crippen LogP contribution < -0.4 is 15.5 Å². The highest BCUT2D eigenvalue weighted by Gasteiger charge is 2.12. The van der Waals surface area contributed by atoms with Gasteiger partial charge in [-0.15, -0.1) is 0 Å². The van der Waals surface area contributed by atoms with Crippen LogP contribution in [0.5, 0.6) is 0 Å². The minimum atomic E-state index is -0.245. The SMILES string of the molecule is Cc1ccc(C(=O)NCC(=O)NCc2ccc(N3CCCCC3)nc2)cc1C. The van der Waals surface area contributed by atoms with Gasteiger partial charge in [-0.25, -0.2) is 4.98 Å². The number of hydrogen-bond acceptors (Lipinski definition) is 4. The van der Waals surface area contributed by atoms with Gasteiger partial charge in [-0.3, -0.25) is 9.59 Å². The Labute approximate surface area is 166 Å². The lowest BCUT2D eigenvalue weighted by Crippen LogP contribution is -2.36. The van der Waals surface area contributed by atoms with Gasteiger partial charge in [0.1, 0.15) is 5.82 Å². The first-order chi connectivity index (χ1) is 13.5. The third kappa shape index (κ3) is 5.31. The van der Waals surface area contributed by atoms with E-state index in [0.717, 1.165) is 35.6 Å². The summed E-state index contributed by atoms with van der Waals surface area (Å²) in [6.45, 7) is 6.42. The zero-order valence-corrected chi connectivity index (χ0v) is 16.6. The zero-order chi connectivity index (χ0) is 19.9. The second-order valence-electron chi connectivity index (χ2n) is 7.33. The van der Waals surface area contributed by atoms with E-state index < -0.39 is 0 Å². The molecule has 1 fully saturated rings. The predicted octanol–water partition coefficient (Wildman–Crippen LogP) is 2.73. The fourth-order valence-corrected chi connectivity index (χ4v) is 3.24. The molecule has 0 aliphatic carbocycles. The zero-order valence-electron chi connectivity index (χ0n) is 16.6. The quantitative estimate of drug-likeness (QED) is 0.808. The maximum absolute atomic E-state index is 12.2. The molecule has 0 spiro atoms. The van der Waals surface area contributed by atoms with Gasteiger partial charge in [-0.05, 0) is 68.0 Å². The molecule has 6 heteroatoms. The number of carbonyl (C=O) groups excluding carboxylic acids is 2. The molecular formula is C22H28N4O2. The van der Waals surface area contributed by atoms with Gasteiger partial charge < -0.3 is 15.5 Å². The lowest BCUT2D eigenvalue weighted by atomic mass is 10.1. The Morgan fingerprint density at radius 2 is 1.79 bits per heavy atom. The molecule has 0 saturated carbocycles. The number of aryl methyl sites for hydroxylation is 2. The summed E-state index contributed by atoms with van der Waals surface area (Å²) in [6.07, 6.45) is 5.53. The van der Waals surface area contributed by atoms with Gasteiger partial charge in [0.2, 0.25) is 5.91 Å². The van der Waals surface area contributed by atoms with E-state index in [1.807, 2.05) is 38.1 Å². The summed E-state index contributed by atoms with van der Waals surface area (Å²) in [4.78, 5) is 31.0. The highest BCUT2D eigenvalue weighted by Crippen LogP contribution is 2.17. The molecule has 0 atom stereocenters. The Morgan fingerprint density at radius 1 is 1.00 bits per heavy atom. The average Bonchev–Trinajstić information content (AvgIpc) is 2.73. The van der Waals surface area contributed by atoms with E-state index in [2.05, 4.69) is 20.5 Å². The van der Waals surface area contributed by atoms with E-state index in [1.54, 1.807) is 12.3 Å². The monoisotopic (exact) mass is 380 g/mol. The Morgan fingerprint density at radius 3 is 2.46 bits per heavy atom. The third-order valence-electron chi connectivity index (χ3n) is 5.16. The third-order valence-corrected chi connectivity index (χ3v) is 5.16. The number of piperidine rings is 1. The smallest absolute Gasteiger partial charge is 0.251 e. The number of nitrogens with one attached hydrogen (secondary N) is 2. The Balaban J connectivity index is 1.43. The highest BCUT2D eigenvalue weighted by molar-refractivity contribution is 5.96. The summed E-state index contributed by atoms with van der Waals surface area (Å²) in [7, 11) is 0. The number of benzene rings is 1. The fraction of sp³-hybridized carbons (Fsp3) is 0.409. The largest absolute Gasteiger partial charge is 0.357 e. The molecule has 3 rings (SSSR count). The first kappa shape index (κ1) is 19.9. The molecule has 0 unspecified atom stereocenters. The van der Waals surface area contributed by atoms with Crippen molar-refractivity contribution in [2.75, 3.05) is 24.5 Å². The van der Waals surface area contributed by atoms with Crippen LogP contribution in [0.3, 0.4) is 0 Å². The van der Waals surface area contributed by atoms with Crippen molar-refractivity contribution in [3.8, 4) is 0 Å². The number of amides is 2. The van der Waals surface area contributed by atoms with Gasteiger partial charge in [-0.1, -0.05) is 12.1 Å². The topological polar surface area (TPSA) is 74.3 Å². The molecule has 2 amide bonds. The van der Waals surface area contributed by atoms with Crippen molar-refractivity contribution < 1.29 is 9.59 Å². The standard InChI is InChI=1S/C22H28N4O2/c1-16-6-8-19(12-17(16)2)22(28)25-15-21(27)24-14-18-7-9-20(23-13-18)26-10-4-3-5-11-26/h6-9,12-13H,3-5,10-11,14-15H2,1-2H3,(H,24,27)(H,25,28). The second-order valence-corrected chi connectivity index (χ2v) is 7.33. The summed E-state index contributed by atoms with van der Waals surface area (Å²) in [5.41, 5.74) is 3.69. The van der Waals surface area contributed by atoms with Gasteiger partial charge in [0.05, 0.1) is 6.54 Å². The molecule has 28 heavy (non-hydrogen) atoms. The van der Waals surface area contributed by atoms with Gasteiger partial charge in [-0.2, -0.15) is 0 Å². The second kappa shape index (κ2) is 9.35. The van der Waals surface area contributed by atoms with E-state index >= 15 is 0 Å². The maximum Gasteiger partial charge on any atom is 0.251 e. The summed E-state index contributed by atoms with van der Waals surface area (Å²) in [5.74, 6) is 0.526. The normalized spacial score (nSPS) is 13.9. The molecule has 2 aromatic rings. The lowest BCUT2D eigenvalue weighted by Gasteiger charge is -2.27. The minimum Gasteiger partial charge on any atom is -0.357 e. The molecule has 1 saturated heterocycles. The summed E-state index contributed by atoms with van der Waals surface area (Å²) < 4.78 is 0. The Kier molecular flexibility index (Phi) is 6.63. The average molecular weight is 380 g/mol. The molecule has 2 heterocycles. The van der Waals surface area contributed by atoms with Crippen molar-refractivity contribution in [2.24, 2.45) is 0 Å². The molecule has 1 aliphatic rings. The molecular weight excluding hydrogens is 352 g/mol. The van der Waals surface area contributed by atoms with Crippen molar-refractivity contribution in [3.63, 3.8) is 0 Å². The van der Waals surface area contributed by atoms with Crippen LogP contribution >= 0.6 is 0 Å². The molecule has 6 nitrogen and oxygen atoms in total. The fourth-order valence-electron chi connectivity index (χ4n) is 3.24. The Hall–Kier alpha value is -2.89. The summed E-state index contributed by atoms with van der Waals surface area (Å²) >= 11 is 0. The van der Waals surface area contributed by atoms with Crippen molar-refractivity contribution in [1.82, 2.24) is 15.6 Å². The van der Waals surface area contributed by atoms with Gasteiger partial charge in [0, 0.05) is 31.4 Å². The first-order valence-electron chi connectivity index (χ1n) is 9.85. The van der Waals surface area contributed by atoms with Crippen LogP contribution in [-0.4, -0.2) is 36.4 Å². The number of hydrogen-bond donors (Lipinski definition) is 2. The maximum atomic E-state index is 12.2. The molecule has 1 aromatic carbocycles. The van der Waals surface area contributed by atoms with E-state index in [0.29, 0.717) is 12.1 Å². The number of rotatable bonds is 6. The van der Waals surface area contributed by atoms with Crippen LogP contribution in [0.2, 0.25) is 0 Å². The summed E-state index contributed by atoms with van der Waals surface area (Å²) in [6, 6.07) is 9.51. The predicted molar refractivity (Wildman–Crippen MR) is 110 cm³/mol. The molecule has 2 N–H and O–H groups in total. The van der Waals surface area contributed by atoms with Gasteiger partial charge >= 0.3 is 0 Å². The van der Waals surface area contributed by atoms with E-state index in [9.17, 15) is 9.59 Å². The minimum absolute atomic E-state index is 0.0505. The lowest BCUT2D eigenvalue weighted by molar-refractivity contribution is -0.120. The number of pyridine rings is 1. The number of carbonyl (C=O) groups is 2. The van der Waals surface area contributed by atoms with Crippen LogP contribution in [0.15, 0.2) is 36.5 Å². The molecule has 1 aromatic heterocycles. The molecule has 148 valence electrons. The molecule has 1 aliphatic heterocycles.